The summed E-state index contributed by atoms with van der Waals surface area (Å²) < 4.78 is 75.2. The number of alkyl halides is 3. The third kappa shape index (κ3) is 3.99. The molecule has 9 heteroatoms. The van der Waals surface area contributed by atoms with Crippen LogP contribution in [0.1, 0.15) is 5.56 Å². The van der Waals surface area contributed by atoms with Crippen LogP contribution in [-0.2, 0) is 16.0 Å². The molecular weight excluding hydrogens is 396 g/mol. The molecule has 1 heterocycles. The Kier molecular flexibility index (Phi) is 4.88. The zero-order valence-corrected chi connectivity index (χ0v) is 15.3. The van der Waals surface area contributed by atoms with Crippen molar-refractivity contribution < 1.29 is 26.0 Å². The highest BCUT2D eigenvalue weighted by Gasteiger charge is 2.34. The van der Waals surface area contributed by atoms with Gasteiger partial charge in [0.05, 0.1) is 10.5 Å². The van der Waals surface area contributed by atoms with Gasteiger partial charge in [0, 0.05) is 23.6 Å². The van der Waals surface area contributed by atoms with Crippen LogP contribution < -0.4 is 5.73 Å². The minimum absolute atomic E-state index is 0.0238. The molecule has 0 fully saturated rings. The third-order valence-corrected chi connectivity index (χ3v) is 5.25. The summed E-state index contributed by atoms with van der Waals surface area (Å²) in [5, 5.41) is 0. The predicted molar refractivity (Wildman–Crippen MR) is 97.6 cm³/mol. The van der Waals surface area contributed by atoms with Gasteiger partial charge < -0.3 is 5.73 Å². The Bertz CT molecular complexity index is 1140. The molecule has 0 unspecified atom stereocenters. The molecule has 1 aromatic heterocycles. The number of nitrogens with zero attached hydrogens (tertiary/aromatic N) is 1. The van der Waals surface area contributed by atoms with Crippen LogP contribution in [0.5, 0.6) is 0 Å². The Morgan fingerprint density at radius 1 is 0.929 bits per heavy atom. The summed E-state index contributed by atoms with van der Waals surface area (Å²) in [6, 6.07) is 10.1. The second kappa shape index (κ2) is 6.90. The summed E-state index contributed by atoms with van der Waals surface area (Å²) in [5.74, 6) is -1.39. The van der Waals surface area contributed by atoms with E-state index in [2.05, 4.69) is 4.98 Å². The molecule has 2 N–H and O–H groups in total. The van der Waals surface area contributed by atoms with Crippen LogP contribution in [0.3, 0.4) is 0 Å². The van der Waals surface area contributed by atoms with Crippen LogP contribution in [0.25, 0.3) is 22.3 Å². The van der Waals surface area contributed by atoms with E-state index in [1.54, 1.807) is 18.2 Å². The number of sulfone groups is 1. The first-order valence-corrected chi connectivity index (χ1v) is 9.79. The number of nitrogen functional groups attached to an aromatic ring is 1. The molecule has 0 spiro atoms. The molecule has 0 saturated heterocycles. The van der Waals surface area contributed by atoms with Crippen molar-refractivity contribution in [1.82, 2.24) is 4.98 Å². The minimum Gasteiger partial charge on any atom is -0.383 e. The van der Waals surface area contributed by atoms with Gasteiger partial charge in [-0.2, -0.15) is 13.2 Å². The Morgan fingerprint density at radius 2 is 1.54 bits per heavy atom. The minimum atomic E-state index is -4.80. The molecule has 2 aromatic carbocycles. The van der Waals surface area contributed by atoms with Crippen molar-refractivity contribution in [3.63, 3.8) is 0 Å². The van der Waals surface area contributed by atoms with Gasteiger partial charge in [-0.05, 0) is 41.5 Å². The van der Waals surface area contributed by atoms with Gasteiger partial charge >= 0.3 is 6.18 Å². The van der Waals surface area contributed by atoms with Crippen LogP contribution in [0.15, 0.2) is 59.6 Å². The van der Waals surface area contributed by atoms with E-state index < -0.39 is 27.4 Å². The van der Waals surface area contributed by atoms with Gasteiger partial charge in [0.25, 0.3) is 0 Å². The lowest BCUT2D eigenvalue weighted by Crippen LogP contribution is -2.08. The Morgan fingerprint density at radius 3 is 2.07 bits per heavy atom. The number of hydrogen-bond donors (Lipinski definition) is 1. The SMILES string of the molecule is CS(=O)(=O)c1ccc(-c2cnc(N)c(-c3ccc(C(F)(F)F)c(F)c3)c2)cc1. The van der Waals surface area contributed by atoms with E-state index in [0.717, 1.165) is 18.4 Å². The zero-order chi connectivity index (χ0) is 20.7. The zero-order valence-electron chi connectivity index (χ0n) is 14.5. The summed E-state index contributed by atoms with van der Waals surface area (Å²) in [6.07, 6.45) is -2.27. The monoisotopic (exact) mass is 410 g/mol. The number of benzene rings is 2. The Hall–Kier alpha value is -2.94. The fourth-order valence-corrected chi connectivity index (χ4v) is 3.30. The first-order chi connectivity index (χ1) is 13.0. The number of anilines is 1. The maximum atomic E-state index is 13.9. The molecule has 0 aliphatic carbocycles. The molecule has 3 aromatic rings. The van der Waals surface area contributed by atoms with Crippen molar-refractivity contribution in [1.29, 1.82) is 0 Å². The van der Waals surface area contributed by atoms with E-state index in [1.807, 2.05) is 0 Å². The molecule has 0 atom stereocenters. The Labute approximate surface area is 158 Å². The summed E-state index contributed by atoms with van der Waals surface area (Å²) in [6.45, 7) is 0. The van der Waals surface area contributed by atoms with Crippen molar-refractivity contribution in [2.75, 3.05) is 12.0 Å². The summed E-state index contributed by atoms with van der Waals surface area (Å²) >= 11 is 0. The van der Waals surface area contributed by atoms with E-state index in [0.29, 0.717) is 17.2 Å². The predicted octanol–water partition coefficient (Wildman–Crippen LogP) is 4.56. The van der Waals surface area contributed by atoms with E-state index in [1.165, 1.54) is 18.3 Å². The molecule has 0 aliphatic heterocycles. The number of hydrogen-bond acceptors (Lipinski definition) is 4. The topological polar surface area (TPSA) is 73.0 Å². The van der Waals surface area contributed by atoms with Crippen molar-refractivity contribution >= 4 is 15.7 Å². The van der Waals surface area contributed by atoms with Crippen LogP contribution >= 0.6 is 0 Å². The first kappa shape index (κ1) is 19.8. The van der Waals surface area contributed by atoms with Gasteiger partial charge in [0.2, 0.25) is 0 Å². The molecule has 28 heavy (non-hydrogen) atoms. The molecule has 0 amide bonds. The smallest absolute Gasteiger partial charge is 0.383 e. The number of pyridine rings is 1. The second-order valence-corrected chi connectivity index (χ2v) is 8.16. The fraction of sp³-hybridized carbons (Fsp3) is 0.105. The quantitative estimate of drug-likeness (QED) is 0.643. The van der Waals surface area contributed by atoms with Crippen molar-refractivity contribution in [2.45, 2.75) is 11.1 Å². The van der Waals surface area contributed by atoms with Gasteiger partial charge in [-0.25, -0.2) is 17.8 Å². The third-order valence-electron chi connectivity index (χ3n) is 4.12. The van der Waals surface area contributed by atoms with Gasteiger partial charge in [0.15, 0.2) is 9.84 Å². The lowest BCUT2D eigenvalue weighted by atomic mass is 10.00. The lowest BCUT2D eigenvalue weighted by Gasteiger charge is -2.12. The largest absolute Gasteiger partial charge is 0.419 e. The molecule has 146 valence electrons. The standard InChI is InChI=1S/C19H14F4N2O2S/c1-28(26,27)14-5-2-11(3-6-14)13-8-15(18(24)25-10-13)12-4-7-16(17(20)9-12)19(21,22)23/h2-10H,1H3,(H2,24,25). The highest BCUT2D eigenvalue weighted by Crippen LogP contribution is 2.35. The van der Waals surface area contributed by atoms with Gasteiger partial charge in [-0.15, -0.1) is 0 Å². The van der Waals surface area contributed by atoms with E-state index in [-0.39, 0.29) is 21.8 Å². The van der Waals surface area contributed by atoms with E-state index in [4.69, 9.17) is 5.73 Å². The summed E-state index contributed by atoms with van der Waals surface area (Å²) in [7, 11) is -3.35. The van der Waals surface area contributed by atoms with E-state index >= 15 is 0 Å². The Balaban J connectivity index is 2.04. The van der Waals surface area contributed by atoms with Crippen LogP contribution in [0, 0.1) is 5.82 Å². The highest BCUT2D eigenvalue weighted by atomic mass is 32.2. The molecule has 0 saturated carbocycles. The maximum absolute atomic E-state index is 13.9. The first-order valence-electron chi connectivity index (χ1n) is 7.90. The molecule has 0 radical (unpaired) electrons. The van der Waals surface area contributed by atoms with E-state index in [9.17, 15) is 26.0 Å². The van der Waals surface area contributed by atoms with Crippen molar-refractivity contribution in [3.8, 4) is 22.3 Å². The fourth-order valence-electron chi connectivity index (χ4n) is 2.67. The maximum Gasteiger partial charge on any atom is 0.419 e. The van der Waals surface area contributed by atoms with Gasteiger partial charge in [0.1, 0.15) is 11.6 Å². The van der Waals surface area contributed by atoms with Crippen LogP contribution in [0.4, 0.5) is 23.4 Å². The second-order valence-electron chi connectivity index (χ2n) is 6.15. The molecule has 0 bridgehead atoms. The average molecular weight is 410 g/mol. The lowest BCUT2D eigenvalue weighted by molar-refractivity contribution is -0.139. The summed E-state index contributed by atoms with van der Waals surface area (Å²) in [5.41, 5.74) is 6.02. The molecule has 0 aliphatic rings. The molecular formula is C19H14F4N2O2S. The van der Waals surface area contributed by atoms with Gasteiger partial charge in [-0.3, -0.25) is 0 Å². The van der Waals surface area contributed by atoms with Crippen LogP contribution in [-0.4, -0.2) is 19.7 Å². The number of halogens is 4. The van der Waals surface area contributed by atoms with Crippen molar-refractivity contribution in [2.24, 2.45) is 0 Å². The average Bonchev–Trinajstić information content (AvgIpc) is 2.60. The van der Waals surface area contributed by atoms with Crippen molar-refractivity contribution in [3.05, 3.63) is 66.1 Å². The molecule has 4 nitrogen and oxygen atoms in total. The normalized spacial score (nSPS) is 12.2. The number of rotatable bonds is 3. The van der Waals surface area contributed by atoms with Gasteiger partial charge in [-0.1, -0.05) is 18.2 Å². The number of aromatic nitrogens is 1. The number of nitrogens with two attached hydrogens (primary N) is 1. The highest BCUT2D eigenvalue weighted by molar-refractivity contribution is 7.90. The molecule has 3 rings (SSSR count). The summed E-state index contributed by atoms with van der Waals surface area (Å²) in [4.78, 5) is 4.16. The van der Waals surface area contributed by atoms with Crippen LogP contribution in [0.2, 0.25) is 0 Å².